The highest BCUT2D eigenvalue weighted by atomic mass is 127. The van der Waals surface area contributed by atoms with Crippen LogP contribution in [-0.2, 0) is 9.59 Å². The molecule has 2 aliphatic heterocycles. The SMILES string of the molecule is CCNC(=NCC1CCCN(C)C1c1cccc(Cl)c1)NCCN1C(=O)CCCC1=O.I. The van der Waals surface area contributed by atoms with Gasteiger partial charge in [0.2, 0.25) is 11.8 Å². The summed E-state index contributed by atoms with van der Waals surface area (Å²) in [5.74, 6) is 0.958. The van der Waals surface area contributed by atoms with E-state index in [9.17, 15) is 9.59 Å². The average molecular weight is 576 g/mol. The largest absolute Gasteiger partial charge is 0.357 e. The predicted octanol–water partition coefficient (Wildman–Crippen LogP) is 3.44. The molecule has 2 N–H and O–H groups in total. The van der Waals surface area contributed by atoms with Crippen molar-refractivity contribution in [3.05, 3.63) is 34.9 Å². The fraction of sp³-hybridized carbons (Fsp3) is 0.609. The second kappa shape index (κ2) is 13.3. The van der Waals surface area contributed by atoms with Gasteiger partial charge >= 0.3 is 0 Å². The van der Waals surface area contributed by atoms with Crippen molar-refractivity contribution in [3.63, 3.8) is 0 Å². The minimum absolute atomic E-state index is 0. The fourth-order valence-electron chi connectivity index (χ4n) is 4.55. The molecule has 0 spiro atoms. The van der Waals surface area contributed by atoms with Crippen LogP contribution in [0.15, 0.2) is 29.3 Å². The summed E-state index contributed by atoms with van der Waals surface area (Å²) in [5, 5.41) is 7.31. The Morgan fingerprint density at radius 3 is 2.62 bits per heavy atom. The molecule has 2 saturated heterocycles. The third kappa shape index (κ3) is 7.31. The average Bonchev–Trinajstić information content (AvgIpc) is 2.74. The van der Waals surface area contributed by atoms with E-state index in [1.807, 2.05) is 19.1 Å². The summed E-state index contributed by atoms with van der Waals surface area (Å²) in [6.07, 6.45) is 3.84. The quantitative estimate of drug-likeness (QED) is 0.226. The van der Waals surface area contributed by atoms with Crippen LogP contribution in [0, 0.1) is 5.92 Å². The molecule has 3 rings (SSSR count). The molecule has 32 heavy (non-hydrogen) atoms. The van der Waals surface area contributed by atoms with E-state index < -0.39 is 0 Å². The van der Waals surface area contributed by atoms with Crippen molar-refractivity contribution in [1.82, 2.24) is 20.4 Å². The van der Waals surface area contributed by atoms with Gasteiger partial charge in [0.25, 0.3) is 0 Å². The minimum Gasteiger partial charge on any atom is -0.357 e. The first-order valence-electron chi connectivity index (χ1n) is 11.3. The van der Waals surface area contributed by atoms with Crippen LogP contribution < -0.4 is 10.6 Å². The Balaban J connectivity index is 0.00000363. The van der Waals surface area contributed by atoms with Crippen LogP contribution in [0.1, 0.15) is 50.6 Å². The highest BCUT2D eigenvalue weighted by Gasteiger charge is 2.30. The standard InChI is InChI=1S/C23H34ClN5O2.HI/c1-3-25-23(26-12-14-29-20(30)10-5-11-21(29)31)27-16-18-8-6-13-28(2)22(18)17-7-4-9-19(24)15-17;/h4,7,9,15,18,22H,3,5-6,8,10-14,16H2,1-2H3,(H2,25,26,27);1H. The van der Waals surface area contributed by atoms with Gasteiger partial charge in [-0.1, -0.05) is 23.7 Å². The van der Waals surface area contributed by atoms with Crippen LogP contribution >= 0.6 is 35.6 Å². The van der Waals surface area contributed by atoms with E-state index in [0.29, 0.717) is 44.8 Å². The van der Waals surface area contributed by atoms with E-state index in [4.69, 9.17) is 16.6 Å². The second-order valence-electron chi connectivity index (χ2n) is 8.32. The van der Waals surface area contributed by atoms with Crippen molar-refractivity contribution in [2.24, 2.45) is 10.9 Å². The van der Waals surface area contributed by atoms with E-state index >= 15 is 0 Å². The Bertz CT molecular complexity index is 790. The number of halogens is 2. The second-order valence-corrected chi connectivity index (χ2v) is 8.76. The Hall–Kier alpha value is -1.39. The molecule has 1 aromatic rings. The predicted molar refractivity (Wildman–Crippen MR) is 140 cm³/mol. The summed E-state index contributed by atoms with van der Waals surface area (Å²) in [7, 11) is 2.16. The normalized spacial score (nSPS) is 22.5. The number of nitrogens with zero attached hydrogens (tertiary/aromatic N) is 3. The number of guanidine groups is 1. The number of nitrogens with one attached hydrogen (secondary N) is 2. The molecule has 2 aliphatic rings. The van der Waals surface area contributed by atoms with Crippen molar-refractivity contribution in [3.8, 4) is 0 Å². The van der Waals surface area contributed by atoms with Crippen molar-refractivity contribution in [1.29, 1.82) is 0 Å². The molecule has 1 aromatic carbocycles. The summed E-state index contributed by atoms with van der Waals surface area (Å²) in [4.78, 5) is 32.6. The number of carbonyl (C=O) groups is 2. The molecular formula is C23H35ClIN5O2. The number of hydrogen-bond donors (Lipinski definition) is 2. The summed E-state index contributed by atoms with van der Waals surface area (Å²) >= 11 is 6.25. The first-order chi connectivity index (χ1) is 15.0. The third-order valence-corrected chi connectivity index (χ3v) is 6.27. The Morgan fingerprint density at radius 2 is 1.94 bits per heavy atom. The van der Waals surface area contributed by atoms with Gasteiger partial charge in [0.05, 0.1) is 0 Å². The Labute approximate surface area is 213 Å². The molecule has 9 heteroatoms. The topological polar surface area (TPSA) is 77.0 Å². The highest BCUT2D eigenvalue weighted by Crippen LogP contribution is 2.36. The van der Waals surface area contributed by atoms with Crippen molar-refractivity contribution < 1.29 is 9.59 Å². The van der Waals surface area contributed by atoms with E-state index in [0.717, 1.165) is 36.9 Å². The minimum atomic E-state index is -0.0744. The van der Waals surface area contributed by atoms with Gasteiger partial charge in [-0.2, -0.15) is 0 Å². The molecule has 2 unspecified atom stereocenters. The number of benzene rings is 1. The van der Waals surface area contributed by atoms with Crippen LogP contribution in [-0.4, -0.2) is 67.3 Å². The molecule has 0 bridgehead atoms. The van der Waals surface area contributed by atoms with E-state index in [2.05, 4.69) is 34.7 Å². The summed E-state index contributed by atoms with van der Waals surface area (Å²) in [5.41, 5.74) is 1.23. The van der Waals surface area contributed by atoms with Crippen LogP contribution in [0.2, 0.25) is 5.02 Å². The molecule has 178 valence electrons. The monoisotopic (exact) mass is 575 g/mol. The third-order valence-electron chi connectivity index (χ3n) is 6.04. The lowest BCUT2D eigenvalue weighted by Crippen LogP contribution is -2.46. The highest BCUT2D eigenvalue weighted by molar-refractivity contribution is 14.0. The van der Waals surface area contributed by atoms with Crippen LogP contribution in [0.5, 0.6) is 0 Å². The molecule has 0 aromatic heterocycles. The van der Waals surface area contributed by atoms with Crippen LogP contribution in [0.4, 0.5) is 0 Å². The Morgan fingerprint density at radius 1 is 1.19 bits per heavy atom. The lowest BCUT2D eigenvalue weighted by atomic mass is 9.85. The molecule has 2 amide bonds. The zero-order valence-corrected chi connectivity index (χ0v) is 22.1. The zero-order chi connectivity index (χ0) is 22.2. The fourth-order valence-corrected chi connectivity index (χ4v) is 4.75. The first kappa shape index (κ1) is 26.9. The lowest BCUT2D eigenvalue weighted by Gasteiger charge is -2.39. The molecule has 2 heterocycles. The molecule has 0 saturated carbocycles. The maximum Gasteiger partial charge on any atom is 0.229 e. The van der Waals surface area contributed by atoms with Gasteiger partial charge in [0.15, 0.2) is 5.96 Å². The number of carbonyl (C=O) groups excluding carboxylic acids is 2. The van der Waals surface area contributed by atoms with E-state index in [-0.39, 0.29) is 41.8 Å². The van der Waals surface area contributed by atoms with E-state index in [1.165, 1.54) is 10.5 Å². The van der Waals surface area contributed by atoms with Crippen molar-refractivity contribution >= 4 is 53.4 Å². The number of piperidine rings is 2. The first-order valence-corrected chi connectivity index (χ1v) is 11.7. The van der Waals surface area contributed by atoms with E-state index in [1.54, 1.807) is 0 Å². The molecule has 2 fully saturated rings. The number of hydrogen-bond acceptors (Lipinski definition) is 4. The number of likely N-dealkylation sites (tertiary alicyclic amines) is 2. The van der Waals surface area contributed by atoms with Gasteiger partial charge in [-0.05, 0) is 63.4 Å². The van der Waals surface area contributed by atoms with Crippen LogP contribution in [0.25, 0.3) is 0 Å². The summed E-state index contributed by atoms with van der Waals surface area (Å²) in [6, 6.07) is 8.40. The molecular weight excluding hydrogens is 541 g/mol. The zero-order valence-electron chi connectivity index (χ0n) is 19.0. The number of imide groups is 1. The smallest absolute Gasteiger partial charge is 0.229 e. The van der Waals surface area contributed by atoms with Gasteiger partial charge < -0.3 is 10.6 Å². The molecule has 0 radical (unpaired) electrons. The van der Waals surface area contributed by atoms with Gasteiger partial charge in [-0.15, -0.1) is 24.0 Å². The van der Waals surface area contributed by atoms with Crippen LogP contribution in [0.3, 0.4) is 0 Å². The summed E-state index contributed by atoms with van der Waals surface area (Å²) in [6.45, 7) is 5.39. The van der Waals surface area contributed by atoms with Crippen molar-refractivity contribution in [2.45, 2.75) is 45.1 Å². The Kier molecular flexibility index (Phi) is 11.2. The van der Waals surface area contributed by atoms with Crippen molar-refractivity contribution in [2.75, 3.05) is 39.8 Å². The van der Waals surface area contributed by atoms with Gasteiger partial charge in [-0.3, -0.25) is 24.4 Å². The number of aliphatic imine (C=N–C) groups is 1. The maximum absolute atomic E-state index is 12.0. The van der Waals surface area contributed by atoms with Gasteiger partial charge in [0.1, 0.15) is 0 Å². The molecule has 0 aliphatic carbocycles. The lowest BCUT2D eigenvalue weighted by molar-refractivity contribution is -0.147. The maximum atomic E-state index is 12.0. The number of amides is 2. The number of rotatable bonds is 7. The molecule has 7 nitrogen and oxygen atoms in total. The summed E-state index contributed by atoms with van der Waals surface area (Å²) < 4.78 is 0. The molecule has 2 atom stereocenters. The van der Waals surface area contributed by atoms with Gasteiger partial charge in [-0.25, -0.2) is 0 Å². The van der Waals surface area contributed by atoms with Gasteiger partial charge in [0, 0.05) is 50.1 Å².